The summed E-state index contributed by atoms with van der Waals surface area (Å²) in [6, 6.07) is 2.19. The van der Waals surface area contributed by atoms with Crippen molar-refractivity contribution in [1.29, 1.82) is 0 Å². The van der Waals surface area contributed by atoms with Crippen LogP contribution in [0.4, 0.5) is 0 Å². The van der Waals surface area contributed by atoms with E-state index >= 15 is 0 Å². The Morgan fingerprint density at radius 1 is 1.41 bits per heavy atom. The molecule has 0 radical (unpaired) electrons. The maximum atomic E-state index is 4.50. The van der Waals surface area contributed by atoms with E-state index in [1.807, 2.05) is 6.92 Å². The molecule has 0 aliphatic carbocycles. The predicted octanol–water partition coefficient (Wildman–Crippen LogP) is 2.72. The SMILES string of the molecule is CCNCc1ccn(Cc2csc(C)n2)c1C. The third kappa shape index (κ3) is 2.96. The molecule has 0 aliphatic rings. The fourth-order valence-corrected chi connectivity index (χ4v) is 2.47. The van der Waals surface area contributed by atoms with E-state index < -0.39 is 0 Å². The van der Waals surface area contributed by atoms with Crippen molar-refractivity contribution in [3.05, 3.63) is 39.6 Å². The van der Waals surface area contributed by atoms with Crippen LogP contribution in [0, 0.1) is 13.8 Å². The molecule has 2 rings (SSSR count). The van der Waals surface area contributed by atoms with Crippen LogP contribution in [0.1, 0.15) is 28.9 Å². The predicted molar refractivity (Wildman–Crippen MR) is 72.5 cm³/mol. The van der Waals surface area contributed by atoms with Crippen molar-refractivity contribution in [2.24, 2.45) is 0 Å². The summed E-state index contributed by atoms with van der Waals surface area (Å²) in [6.45, 7) is 9.19. The zero-order valence-electron chi connectivity index (χ0n) is 10.7. The van der Waals surface area contributed by atoms with Gasteiger partial charge < -0.3 is 9.88 Å². The average molecular weight is 249 g/mol. The van der Waals surface area contributed by atoms with Crippen LogP contribution in [0.5, 0.6) is 0 Å². The highest BCUT2D eigenvalue weighted by Gasteiger charge is 2.06. The maximum absolute atomic E-state index is 4.50. The summed E-state index contributed by atoms with van der Waals surface area (Å²) in [6.07, 6.45) is 2.15. The molecule has 0 fully saturated rings. The smallest absolute Gasteiger partial charge is 0.0898 e. The number of aryl methyl sites for hydroxylation is 1. The van der Waals surface area contributed by atoms with E-state index in [-0.39, 0.29) is 0 Å². The molecule has 0 spiro atoms. The third-order valence-corrected chi connectivity index (χ3v) is 3.74. The molecule has 0 saturated carbocycles. The molecule has 0 saturated heterocycles. The first kappa shape index (κ1) is 12.3. The number of rotatable bonds is 5. The summed E-state index contributed by atoms with van der Waals surface area (Å²) in [7, 11) is 0. The Bertz CT molecular complexity index is 485. The van der Waals surface area contributed by atoms with Gasteiger partial charge in [-0.15, -0.1) is 11.3 Å². The number of hydrogen-bond donors (Lipinski definition) is 1. The Kier molecular flexibility index (Phi) is 3.97. The molecule has 0 bridgehead atoms. The molecule has 1 N–H and O–H groups in total. The van der Waals surface area contributed by atoms with Crippen LogP contribution in [0.3, 0.4) is 0 Å². The van der Waals surface area contributed by atoms with Crippen LogP contribution >= 0.6 is 11.3 Å². The molecule has 2 aromatic heterocycles. The minimum Gasteiger partial charge on any atom is -0.345 e. The molecule has 0 aliphatic heterocycles. The lowest BCUT2D eigenvalue weighted by Gasteiger charge is -2.06. The van der Waals surface area contributed by atoms with Gasteiger partial charge >= 0.3 is 0 Å². The average Bonchev–Trinajstić information content (AvgIpc) is 2.86. The number of thiazole rings is 1. The fourth-order valence-electron chi connectivity index (χ4n) is 1.87. The fraction of sp³-hybridized carbons (Fsp3) is 0.462. The van der Waals surface area contributed by atoms with Gasteiger partial charge in [0, 0.05) is 23.8 Å². The lowest BCUT2D eigenvalue weighted by Crippen LogP contribution is -2.12. The van der Waals surface area contributed by atoms with Crippen molar-refractivity contribution in [3.8, 4) is 0 Å². The standard InChI is InChI=1S/C13H19N3S/c1-4-14-7-12-5-6-16(10(12)2)8-13-9-17-11(3)15-13/h5-6,9,14H,4,7-8H2,1-3H3. The zero-order chi connectivity index (χ0) is 12.3. The van der Waals surface area contributed by atoms with Gasteiger partial charge in [0.25, 0.3) is 0 Å². The summed E-state index contributed by atoms with van der Waals surface area (Å²) in [5.74, 6) is 0. The molecule has 3 nitrogen and oxygen atoms in total. The second-order valence-electron chi connectivity index (χ2n) is 4.19. The molecule has 4 heteroatoms. The molecular formula is C13H19N3S. The van der Waals surface area contributed by atoms with Crippen LogP contribution in [0.2, 0.25) is 0 Å². The largest absolute Gasteiger partial charge is 0.345 e. The van der Waals surface area contributed by atoms with Crippen molar-refractivity contribution in [2.75, 3.05) is 6.54 Å². The molecule has 0 aromatic carbocycles. The van der Waals surface area contributed by atoms with Gasteiger partial charge in [-0.25, -0.2) is 4.98 Å². The van der Waals surface area contributed by atoms with Crippen LogP contribution in [-0.4, -0.2) is 16.1 Å². The Labute approximate surface area is 107 Å². The Balaban J connectivity index is 2.09. The van der Waals surface area contributed by atoms with E-state index in [4.69, 9.17) is 0 Å². The van der Waals surface area contributed by atoms with Crippen molar-refractivity contribution in [3.63, 3.8) is 0 Å². The summed E-state index contributed by atoms with van der Waals surface area (Å²) < 4.78 is 2.27. The summed E-state index contributed by atoms with van der Waals surface area (Å²) in [4.78, 5) is 4.50. The minimum absolute atomic E-state index is 0.877. The van der Waals surface area contributed by atoms with Crippen LogP contribution in [-0.2, 0) is 13.1 Å². The normalized spacial score (nSPS) is 11.0. The van der Waals surface area contributed by atoms with Crippen molar-refractivity contribution >= 4 is 11.3 Å². The first-order valence-electron chi connectivity index (χ1n) is 5.97. The highest BCUT2D eigenvalue weighted by molar-refractivity contribution is 7.09. The van der Waals surface area contributed by atoms with Gasteiger partial charge in [-0.1, -0.05) is 6.92 Å². The van der Waals surface area contributed by atoms with Crippen LogP contribution < -0.4 is 5.32 Å². The highest BCUT2D eigenvalue weighted by atomic mass is 32.1. The van der Waals surface area contributed by atoms with Gasteiger partial charge in [-0.05, 0) is 32.0 Å². The minimum atomic E-state index is 0.877. The van der Waals surface area contributed by atoms with E-state index in [9.17, 15) is 0 Å². The molecule has 0 atom stereocenters. The van der Waals surface area contributed by atoms with Crippen molar-refractivity contribution in [1.82, 2.24) is 14.9 Å². The van der Waals surface area contributed by atoms with Gasteiger partial charge in [-0.2, -0.15) is 0 Å². The second kappa shape index (κ2) is 5.47. The van der Waals surface area contributed by atoms with Gasteiger partial charge in [0.1, 0.15) is 0 Å². The molecule has 2 aromatic rings. The molecular weight excluding hydrogens is 230 g/mol. The van der Waals surface area contributed by atoms with E-state index in [1.54, 1.807) is 11.3 Å². The summed E-state index contributed by atoms with van der Waals surface area (Å²) >= 11 is 1.71. The van der Waals surface area contributed by atoms with Gasteiger partial charge in [0.05, 0.1) is 17.2 Å². The van der Waals surface area contributed by atoms with Crippen LogP contribution in [0.25, 0.3) is 0 Å². The molecule has 2 heterocycles. The molecule has 92 valence electrons. The number of nitrogens with zero attached hydrogens (tertiary/aromatic N) is 2. The van der Waals surface area contributed by atoms with Crippen molar-refractivity contribution in [2.45, 2.75) is 33.9 Å². The Morgan fingerprint density at radius 2 is 2.24 bits per heavy atom. The lowest BCUT2D eigenvalue weighted by atomic mass is 10.2. The summed E-state index contributed by atoms with van der Waals surface area (Å²) in [5.41, 5.74) is 3.86. The van der Waals surface area contributed by atoms with Gasteiger partial charge in [-0.3, -0.25) is 0 Å². The van der Waals surface area contributed by atoms with E-state index in [1.165, 1.54) is 11.3 Å². The van der Waals surface area contributed by atoms with Gasteiger partial charge in [0.2, 0.25) is 0 Å². The lowest BCUT2D eigenvalue weighted by molar-refractivity contribution is 0.707. The Morgan fingerprint density at radius 3 is 2.88 bits per heavy atom. The first-order chi connectivity index (χ1) is 8.20. The number of aromatic nitrogens is 2. The number of nitrogens with one attached hydrogen (secondary N) is 1. The van der Waals surface area contributed by atoms with Gasteiger partial charge in [0.15, 0.2) is 0 Å². The topological polar surface area (TPSA) is 29.9 Å². The van der Waals surface area contributed by atoms with E-state index in [2.05, 4.69) is 46.4 Å². The first-order valence-corrected chi connectivity index (χ1v) is 6.85. The Hall–Kier alpha value is -1.13. The van der Waals surface area contributed by atoms with Crippen molar-refractivity contribution < 1.29 is 0 Å². The van der Waals surface area contributed by atoms with E-state index in [0.717, 1.165) is 30.3 Å². The quantitative estimate of drug-likeness (QED) is 0.883. The maximum Gasteiger partial charge on any atom is 0.0898 e. The second-order valence-corrected chi connectivity index (χ2v) is 5.25. The third-order valence-electron chi connectivity index (χ3n) is 2.92. The van der Waals surface area contributed by atoms with E-state index in [0.29, 0.717) is 0 Å². The highest BCUT2D eigenvalue weighted by Crippen LogP contribution is 2.14. The van der Waals surface area contributed by atoms with Crippen LogP contribution in [0.15, 0.2) is 17.6 Å². The molecule has 0 amide bonds. The molecule has 0 unspecified atom stereocenters. The monoisotopic (exact) mass is 249 g/mol. The molecule has 17 heavy (non-hydrogen) atoms. The zero-order valence-corrected chi connectivity index (χ0v) is 11.5. The summed E-state index contributed by atoms with van der Waals surface area (Å²) in [5, 5.41) is 6.63. The number of hydrogen-bond acceptors (Lipinski definition) is 3.